The number of rotatable bonds is 4. The zero-order valence-corrected chi connectivity index (χ0v) is 8.52. The van der Waals surface area contributed by atoms with Gasteiger partial charge in [0.05, 0.1) is 13.2 Å². The van der Waals surface area contributed by atoms with E-state index in [0.717, 1.165) is 12.8 Å². The van der Waals surface area contributed by atoms with E-state index in [1.54, 1.807) is 6.08 Å². The summed E-state index contributed by atoms with van der Waals surface area (Å²) in [6, 6.07) is 0. The molecule has 0 aliphatic heterocycles. The Hall–Kier alpha value is -0.600. The van der Waals surface area contributed by atoms with Crippen molar-refractivity contribution < 1.29 is 10.2 Å². The van der Waals surface area contributed by atoms with Crippen molar-refractivity contribution in [1.29, 1.82) is 0 Å². The van der Waals surface area contributed by atoms with Gasteiger partial charge >= 0.3 is 0 Å². The molecular weight excluding hydrogens is 176 g/mol. The van der Waals surface area contributed by atoms with Crippen LogP contribution < -0.4 is 0 Å². The second-order valence-corrected chi connectivity index (χ2v) is 3.69. The molecule has 1 aliphatic carbocycles. The van der Waals surface area contributed by atoms with Crippen LogP contribution in [0.1, 0.15) is 25.7 Å². The molecule has 0 aromatic rings. The van der Waals surface area contributed by atoms with E-state index in [9.17, 15) is 0 Å². The first-order valence-electron chi connectivity index (χ1n) is 5.26. The summed E-state index contributed by atoms with van der Waals surface area (Å²) in [4.78, 5) is 0. The van der Waals surface area contributed by atoms with Crippen molar-refractivity contribution >= 4 is 0 Å². The second kappa shape index (κ2) is 6.80. The maximum Gasteiger partial charge on any atom is 0.0612 e. The lowest BCUT2D eigenvalue weighted by Crippen LogP contribution is -2.09. The van der Waals surface area contributed by atoms with E-state index in [-0.39, 0.29) is 13.2 Å². The van der Waals surface area contributed by atoms with Gasteiger partial charge in [-0.15, -0.1) is 0 Å². The molecule has 0 aromatic heterocycles. The van der Waals surface area contributed by atoms with E-state index in [1.807, 2.05) is 12.2 Å². The van der Waals surface area contributed by atoms with Crippen molar-refractivity contribution in [3.05, 3.63) is 30.2 Å². The van der Waals surface area contributed by atoms with Gasteiger partial charge in [-0.3, -0.25) is 0 Å². The molecule has 1 fully saturated rings. The lowest BCUT2D eigenvalue weighted by atomic mass is 9.82. The van der Waals surface area contributed by atoms with Crippen LogP contribution in [0.4, 0.5) is 0 Å². The summed E-state index contributed by atoms with van der Waals surface area (Å²) >= 11 is 0. The number of hydrogen-bond donors (Lipinski definition) is 2. The van der Waals surface area contributed by atoms with Gasteiger partial charge in [-0.25, -0.2) is 0 Å². The van der Waals surface area contributed by atoms with Crippen LogP contribution in [0.2, 0.25) is 0 Å². The van der Waals surface area contributed by atoms with Gasteiger partial charge in [0.15, 0.2) is 0 Å². The number of allylic oxidation sites excluding steroid dienone is 2. The fourth-order valence-electron chi connectivity index (χ4n) is 1.84. The normalized spacial score (nSPS) is 21.3. The van der Waals surface area contributed by atoms with Crippen molar-refractivity contribution in [2.75, 3.05) is 13.2 Å². The molecule has 0 heterocycles. The monoisotopic (exact) mass is 195 g/mol. The van der Waals surface area contributed by atoms with E-state index in [2.05, 4.69) is 6.08 Å². The highest BCUT2D eigenvalue weighted by molar-refractivity contribution is 5.13. The average Bonchev–Trinajstić information content (AvgIpc) is 2.25. The summed E-state index contributed by atoms with van der Waals surface area (Å²) in [5.74, 6) is 2.07. The zero-order valence-electron chi connectivity index (χ0n) is 8.52. The summed E-state index contributed by atoms with van der Waals surface area (Å²) in [5, 5.41) is 17.3. The molecule has 0 unspecified atom stereocenters. The Bertz CT molecular complexity index is 166. The van der Waals surface area contributed by atoms with Crippen LogP contribution in [0, 0.1) is 11.8 Å². The molecule has 0 aromatic carbocycles. The summed E-state index contributed by atoms with van der Waals surface area (Å²) < 4.78 is 0. The van der Waals surface area contributed by atoms with Crippen LogP contribution in [0.25, 0.3) is 0 Å². The molecule has 1 rings (SSSR count). The molecule has 2 nitrogen and oxygen atoms in total. The Morgan fingerprint density at radius 3 is 2.29 bits per heavy atom. The lowest BCUT2D eigenvalue weighted by Gasteiger charge is -2.23. The highest BCUT2D eigenvalue weighted by atomic mass is 16.3. The van der Waals surface area contributed by atoms with E-state index in [4.69, 9.17) is 10.2 Å². The topological polar surface area (TPSA) is 40.5 Å². The van der Waals surface area contributed by atoms with Gasteiger partial charge in [0, 0.05) is 0 Å². The quantitative estimate of drug-likeness (QED) is 0.672. The van der Waals surface area contributed by atoms with Gasteiger partial charge in [0.25, 0.3) is 0 Å². The number of hydrogen-bond acceptors (Lipinski definition) is 2. The Balaban J connectivity index is 2.24. The maximum atomic E-state index is 8.63. The molecule has 0 bridgehead atoms. The van der Waals surface area contributed by atoms with Crippen molar-refractivity contribution in [1.82, 2.24) is 0 Å². The first-order valence-corrected chi connectivity index (χ1v) is 5.26. The molecule has 0 saturated heterocycles. The predicted molar refractivity (Wildman–Crippen MR) is 57.7 cm³/mol. The molecule has 0 spiro atoms. The van der Waals surface area contributed by atoms with Crippen LogP contribution >= 0.6 is 0 Å². The first kappa shape index (κ1) is 11.5. The molecule has 0 amide bonds. The smallest absolute Gasteiger partial charge is 0.0612 e. The zero-order chi connectivity index (χ0) is 10.2. The van der Waals surface area contributed by atoms with E-state index in [0.29, 0.717) is 5.92 Å². The van der Waals surface area contributed by atoms with E-state index < -0.39 is 0 Å². The van der Waals surface area contributed by atoms with Gasteiger partial charge in [-0.1, -0.05) is 24.3 Å². The molecule has 1 saturated carbocycles. The number of aliphatic hydroxyl groups excluding tert-OH is 2. The predicted octanol–water partition coefficient (Wildman–Crippen LogP) is 1.85. The Morgan fingerprint density at radius 2 is 1.71 bits per heavy atom. The average molecular weight is 195 g/mol. The fraction of sp³-hybridized carbons (Fsp3) is 0.583. The summed E-state index contributed by atoms with van der Waals surface area (Å²) in [5.41, 5.74) is 0. The van der Waals surface area contributed by atoms with Gasteiger partial charge in [-0.2, -0.15) is 0 Å². The van der Waals surface area contributed by atoms with Gasteiger partial charge in [-0.05, 0) is 37.5 Å². The minimum atomic E-state index is 0.136. The SMILES string of the molecule is OCC=C[C]1CCC(C=CCO)CC1. The third-order valence-electron chi connectivity index (χ3n) is 2.65. The van der Waals surface area contributed by atoms with Gasteiger partial charge in [0.2, 0.25) is 0 Å². The van der Waals surface area contributed by atoms with Gasteiger partial charge in [0.1, 0.15) is 0 Å². The molecule has 79 valence electrons. The standard InChI is InChI=1S/C12H19O2/c13-9-1-3-11-5-7-12(8-6-11)4-2-10-14/h1-4,11,13-14H,5-10H2. The minimum Gasteiger partial charge on any atom is -0.392 e. The summed E-state index contributed by atoms with van der Waals surface area (Å²) in [7, 11) is 0. The fourth-order valence-corrected chi connectivity index (χ4v) is 1.84. The van der Waals surface area contributed by atoms with Crippen LogP contribution in [0.5, 0.6) is 0 Å². The minimum absolute atomic E-state index is 0.136. The molecule has 0 atom stereocenters. The maximum absolute atomic E-state index is 8.63. The molecule has 2 N–H and O–H groups in total. The third-order valence-corrected chi connectivity index (χ3v) is 2.65. The summed E-state index contributed by atoms with van der Waals surface area (Å²) in [6.07, 6.45) is 12.4. The van der Waals surface area contributed by atoms with Crippen molar-refractivity contribution in [3.63, 3.8) is 0 Å². The second-order valence-electron chi connectivity index (χ2n) is 3.69. The Labute approximate surface area is 86.0 Å². The summed E-state index contributed by atoms with van der Waals surface area (Å²) in [6.45, 7) is 0.287. The molecular formula is C12H19O2. The lowest BCUT2D eigenvalue weighted by molar-refractivity contribution is 0.339. The molecule has 14 heavy (non-hydrogen) atoms. The van der Waals surface area contributed by atoms with Crippen molar-refractivity contribution in [3.8, 4) is 0 Å². The van der Waals surface area contributed by atoms with Crippen molar-refractivity contribution in [2.45, 2.75) is 25.7 Å². The molecule has 2 heteroatoms. The van der Waals surface area contributed by atoms with Crippen molar-refractivity contribution in [2.24, 2.45) is 5.92 Å². The molecule has 1 aliphatic rings. The van der Waals surface area contributed by atoms with Crippen LogP contribution in [-0.4, -0.2) is 23.4 Å². The largest absolute Gasteiger partial charge is 0.392 e. The van der Waals surface area contributed by atoms with Gasteiger partial charge < -0.3 is 10.2 Å². The van der Waals surface area contributed by atoms with E-state index >= 15 is 0 Å². The molecule has 1 radical (unpaired) electrons. The first-order chi connectivity index (χ1) is 6.86. The van der Waals surface area contributed by atoms with Crippen LogP contribution in [0.3, 0.4) is 0 Å². The van der Waals surface area contributed by atoms with Crippen LogP contribution in [0.15, 0.2) is 24.3 Å². The number of aliphatic hydroxyl groups is 2. The highest BCUT2D eigenvalue weighted by Crippen LogP contribution is 2.31. The third kappa shape index (κ3) is 4.07. The highest BCUT2D eigenvalue weighted by Gasteiger charge is 2.17. The Kier molecular flexibility index (Phi) is 5.57. The Morgan fingerprint density at radius 1 is 1.07 bits per heavy atom. The van der Waals surface area contributed by atoms with E-state index in [1.165, 1.54) is 18.8 Å². The van der Waals surface area contributed by atoms with Crippen LogP contribution in [-0.2, 0) is 0 Å².